The molecular formula is C30H24N2O4. The van der Waals surface area contributed by atoms with Gasteiger partial charge in [0.15, 0.2) is 0 Å². The molecule has 0 bridgehead atoms. The first-order chi connectivity index (χ1) is 17.6. The molecule has 0 saturated carbocycles. The maximum absolute atomic E-state index is 11.6. The van der Waals surface area contributed by atoms with Crippen LogP contribution in [0, 0.1) is 0 Å². The van der Waals surface area contributed by atoms with Crippen molar-refractivity contribution < 1.29 is 19.1 Å². The normalized spacial score (nSPS) is 15.4. The third kappa shape index (κ3) is 3.86. The summed E-state index contributed by atoms with van der Waals surface area (Å²) in [5.74, 6) is -0.137. The van der Waals surface area contributed by atoms with Gasteiger partial charge in [0.05, 0.1) is 18.9 Å². The van der Waals surface area contributed by atoms with Crippen LogP contribution in [0.3, 0.4) is 0 Å². The highest BCUT2D eigenvalue weighted by Crippen LogP contribution is 2.38. The number of carboxylic acids is 1. The number of para-hydroxylation sites is 1. The first-order valence-electron chi connectivity index (χ1n) is 11.8. The highest BCUT2D eigenvalue weighted by atomic mass is 16.5. The number of aliphatic carboxylic acids is 1. The minimum Gasteiger partial charge on any atom is -0.497 e. The van der Waals surface area contributed by atoms with E-state index < -0.39 is 5.97 Å². The Morgan fingerprint density at radius 1 is 0.944 bits per heavy atom. The third-order valence-electron chi connectivity index (χ3n) is 6.73. The van der Waals surface area contributed by atoms with Crippen LogP contribution in [-0.2, 0) is 4.79 Å². The molecule has 6 heteroatoms. The second-order valence-electron chi connectivity index (χ2n) is 8.89. The Morgan fingerprint density at radius 3 is 2.42 bits per heavy atom. The van der Waals surface area contributed by atoms with E-state index in [1.807, 2.05) is 54.6 Å². The van der Waals surface area contributed by atoms with Gasteiger partial charge in [-0.25, -0.2) is 0 Å². The van der Waals surface area contributed by atoms with Gasteiger partial charge in [-0.3, -0.25) is 9.80 Å². The number of hydrogen-bond donors (Lipinski definition) is 1. The fourth-order valence-corrected chi connectivity index (χ4v) is 4.99. The Balaban J connectivity index is 1.33. The summed E-state index contributed by atoms with van der Waals surface area (Å²) >= 11 is 0. The minimum atomic E-state index is -0.908. The molecule has 2 heterocycles. The Labute approximate surface area is 208 Å². The van der Waals surface area contributed by atoms with Crippen LogP contribution in [0.15, 0.2) is 101 Å². The molecule has 0 spiro atoms. The number of hydrazone groups is 1. The SMILES string of the molecule is COc1ccc(C2=NN(CC(=O)O)C(c3ccc(-c4cccc5oc6ccccc6c45)cc3)C2)cc1. The molecule has 1 unspecified atom stereocenters. The largest absolute Gasteiger partial charge is 0.497 e. The zero-order chi connectivity index (χ0) is 24.6. The molecule has 0 saturated heterocycles. The lowest BCUT2D eigenvalue weighted by molar-refractivity contribution is -0.138. The molecule has 6 rings (SSSR count). The Kier molecular flexibility index (Phi) is 5.41. The van der Waals surface area contributed by atoms with Crippen molar-refractivity contribution in [3.05, 3.63) is 102 Å². The zero-order valence-electron chi connectivity index (χ0n) is 19.7. The van der Waals surface area contributed by atoms with E-state index in [2.05, 4.69) is 41.5 Å². The molecule has 1 atom stereocenters. The predicted octanol–water partition coefficient (Wildman–Crippen LogP) is 6.50. The van der Waals surface area contributed by atoms with Gasteiger partial charge < -0.3 is 14.3 Å². The predicted molar refractivity (Wildman–Crippen MR) is 140 cm³/mol. The van der Waals surface area contributed by atoms with Crippen molar-refractivity contribution in [2.75, 3.05) is 13.7 Å². The van der Waals surface area contributed by atoms with E-state index in [1.165, 1.54) is 0 Å². The second kappa shape index (κ2) is 8.89. The molecule has 0 radical (unpaired) electrons. The van der Waals surface area contributed by atoms with Crippen LogP contribution in [-0.4, -0.2) is 35.5 Å². The van der Waals surface area contributed by atoms with Crippen LogP contribution in [0.4, 0.5) is 0 Å². The van der Waals surface area contributed by atoms with Gasteiger partial charge in [-0.2, -0.15) is 5.10 Å². The van der Waals surface area contributed by atoms with Gasteiger partial charge in [-0.05, 0) is 58.7 Å². The van der Waals surface area contributed by atoms with E-state index >= 15 is 0 Å². The van der Waals surface area contributed by atoms with Gasteiger partial charge in [0.2, 0.25) is 0 Å². The molecule has 1 aliphatic rings. The van der Waals surface area contributed by atoms with Gasteiger partial charge in [0.1, 0.15) is 23.5 Å². The highest BCUT2D eigenvalue weighted by molar-refractivity contribution is 6.12. The van der Waals surface area contributed by atoms with E-state index in [1.54, 1.807) is 12.1 Å². The fraction of sp³-hybridized carbons (Fsp3) is 0.133. The van der Waals surface area contributed by atoms with Crippen molar-refractivity contribution in [2.24, 2.45) is 5.10 Å². The van der Waals surface area contributed by atoms with E-state index in [4.69, 9.17) is 9.15 Å². The number of hydrogen-bond acceptors (Lipinski definition) is 5. The van der Waals surface area contributed by atoms with Gasteiger partial charge in [-0.15, -0.1) is 0 Å². The molecule has 6 nitrogen and oxygen atoms in total. The van der Waals surface area contributed by atoms with E-state index in [0.29, 0.717) is 6.42 Å². The van der Waals surface area contributed by atoms with Crippen molar-refractivity contribution in [1.82, 2.24) is 5.01 Å². The molecule has 5 aromatic rings. The lowest BCUT2D eigenvalue weighted by Gasteiger charge is -2.22. The minimum absolute atomic E-state index is 0.155. The Morgan fingerprint density at radius 2 is 1.67 bits per heavy atom. The van der Waals surface area contributed by atoms with Gasteiger partial charge in [-0.1, -0.05) is 54.6 Å². The summed E-state index contributed by atoms with van der Waals surface area (Å²) < 4.78 is 11.3. The van der Waals surface area contributed by atoms with Crippen LogP contribution in [0.2, 0.25) is 0 Å². The molecule has 178 valence electrons. The maximum Gasteiger partial charge on any atom is 0.324 e. The lowest BCUT2D eigenvalue weighted by atomic mass is 9.94. The quantitative estimate of drug-likeness (QED) is 0.303. The highest BCUT2D eigenvalue weighted by Gasteiger charge is 2.30. The Bertz CT molecular complexity index is 1600. The van der Waals surface area contributed by atoms with Crippen molar-refractivity contribution in [1.29, 1.82) is 0 Å². The summed E-state index contributed by atoms with van der Waals surface area (Å²) in [6.45, 7) is -0.160. The van der Waals surface area contributed by atoms with Gasteiger partial charge in [0, 0.05) is 17.2 Å². The molecule has 4 aromatic carbocycles. The zero-order valence-corrected chi connectivity index (χ0v) is 19.7. The van der Waals surface area contributed by atoms with Crippen molar-refractivity contribution in [3.8, 4) is 16.9 Å². The molecular weight excluding hydrogens is 452 g/mol. The summed E-state index contributed by atoms with van der Waals surface area (Å²) in [5, 5.41) is 18.0. The van der Waals surface area contributed by atoms with Crippen molar-refractivity contribution >= 4 is 33.6 Å². The molecule has 0 aliphatic carbocycles. The van der Waals surface area contributed by atoms with E-state index in [0.717, 1.165) is 55.7 Å². The standard InChI is InChI=1S/C30H24N2O4/c1-35-22-15-13-20(14-16-22)25-17-26(32(31-25)18-29(33)34)21-11-9-19(10-12-21)23-6-4-8-28-30(23)24-5-2-3-7-27(24)36-28/h2-16,26H,17-18H2,1H3,(H,33,34). The number of ether oxygens (including phenoxy) is 1. The molecule has 36 heavy (non-hydrogen) atoms. The van der Waals surface area contributed by atoms with Crippen LogP contribution in [0.5, 0.6) is 5.75 Å². The number of nitrogens with zero attached hydrogens (tertiary/aromatic N) is 2. The van der Waals surface area contributed by atoms with E-state index in [-0.39, 0.29) is 12.6 Å². The van der Waals surface area contributed by atoms with Crippen LogP contribution in [0.1, 0.15) is 23.6 Å². The fourth-order valence-electron chi connectivity index (χ4n) is 4.99. The first kappa shape index (κ1) is 21.9. The van der Waals surface area contributed by atoms with Crippen LogP contribution < -0.4 is 4.74 Å². The number of furan rings is 1. The number of rotatable bonds is 6. The molecule has 1 aromatic heterocycles. The smallest absolute Gasteiger partial charge is 0.324 e. The topological polar surface area (TPSA) is 75.3 Å². The maximum atomic E-state index is 11.6. The number of carbonyl (C=O) groups is 1. The monoisotopic (exact) mass is 476 g/mol. The van der Waals surface area contributed by atoms with Crippen molar-refractivity contribution in [2.45, 2.75) is 12.5 Å². The third-order valence-corrected chi connectivity index (χ3v) is 6.73. The molecule has 1 aliphatic heterocycles. The van der Waals surface area contributed by atoms with Gasteiger partial charge in [0.25, 0.3) is 0 Å². The summed E-state index contributed by atoms with van der Waals surface area (Å²) in [7, 11) is 1.63. The number of benzene rings is 4. The van der Waals surface area contributed by atoms with Gasteiger partial charge >= 0.3 is 5.97 Å². The molecule has 0 fully saturated rings. The second-order valence-corrected chi connectivity index (χ2v) is 8.89. The number of carboxylic acid groups (broad SMARTS) is 1. The van der Waals surface area contributed by atoms with Crippen molar-refractivity contribution in [3.63, 3.8) is 0 Å². The van der Waals surface area contributed by atoms with E-state index in [9.17, 15) is 9.90 Å². The van der Waals surface area contributed by atoms with Crippen LogP contribution in [0.25, 0.3) is 33.1 Å². The Hall–Kier alpha value is -4.58. The summed E-state index contributed by atoms with van der Waals surface area (Å²) in [6, 6.07) is 30.0. The average molecular weight is 477 g/mol. The van der Waals surface area contributed by atoms with Crippen LogP contribution >= 0.6 is 0 Å². The summed E-state index contributed by atoms with van der Waals surface area (Å²) in [6.07, 6.45) is 0.626. The average Bonchev–Trinajstić information content (AvgIpc) is 3.50. The number of methoxy groups -OCH3 is 1. The molecule has 0 amide bonds. The summed E-state index contributed by atoms with van der Waals surface area (Å²) in [5.41, 5.74) is 6.76. The lowest BCUT2D eigenvalue weighted by Crippen LogP contribution is -2.26. The molecule has 1 N–H and O–H groups in total. The number of fused-ring (bicyclic) bond motifs is 3. The first-order valence-corrected chi connectivity index (χ1v) is 11.8. The summed E-state index contributed by atoms with van der Waals surface area (Å²) in [4.78, 5) is 11.6.